The van der Waals surface area contributed by atoms with E-state index in [1.165, 1.54) is 18.2 Å². The zero-order valence-corrected chi connectivity index (χ0v) is 9.76. The Morgan fingerprint density at radius 2 is 2.39 bits per heavy atom. The second-order valence-corrected chi connectivity index (χ2v) is 4.14. The topological polar surface area (TPSA) is 88.2 Å². The molecule has 0 spiro atoms. The largest absolute Gasteiger partial charge is 0.488 e. The molecular weight excluding hydrogens is 234 g/mol. The predicted molar refractivity (Wildman–Crippen MR) is 64.3 cm³/mol. The Bertz CT molecular complexity index is 490. The normalized spacial score (nSPS) is 18.9. The fourth-order valence-electron chi connectivity index (χ4n) is 1.92. The number of nitro groups is 1. The van der Waals surface area contributed by atoms with Crippen molar-refractivity contribution in [1.82, 2.24) is 5.32 Å². The highest BCUT2D eigenvalue weighted by Gasteiger charge is 2.18. The molecule has 1 aromatic carbocycles. The minimum atomic E-state index is -0.521. The second kappa shape index (κ2) is 5.47. The standard InChI is InChI=1S/C12H13N3O3/c13-7-9-6-10(15(16)17)3-4-12(9)18-11-2-1-5-14-8-11/h3-4,6,11,14H,1-2,5,8H2/t11-/m0/s1. The van der Waals surface area contributed by atoms with Crippen LogP contribution in [0.3, 0.4) is 0 Å². The molecule has 1 fully saturated rings. The molecule has 1 N–H and O–H groups in total. The Balaban J connectivity index is 2.17. The Morgan fingerprint density at radius 3 is 3.00 bits per heavy atom. The quantitative estimate of drug-likeness (QED) is 0.647. The third kappa shape index (κ3) is 2.76. The highest BCUT2D eigenvalue weighted by Crippen LogP contribution is 2.25. The van der Waals surface area contributed by atoms with Crippen molar-refractivity contribution < 1.29 is 9.66 Å². The molecule has 0 aromatic heterocycles. The van der Waals surface area contributed by atoms with Gasteiger partial charge in [-0.3, -0.25) is 10.1 Å². The van der Waals surface area contributed by atoms with Gasteiger partial charge in [0.15, 0.2) is 0 Å². The van der Waals surface area contributed by atoms with Crippen LogP contribution in [0.25, 0.3) is 0 Å². The minimum Gasteiger partial charge on any atom is -0.488 e. The molecule has 6 heteroatoms. The maximum absolute atomic E-state index is 10.6. The summed E-state index contributed by atoms with van der Waals surface area (Å²) in [6.45, 7) is 1.72. The van der Waals surface area contributed by atoms with Crippen LogP contribution in [0.1, 0.15) is 18.4 Å². The lowest BCUT2D eigenvalue weighted by molar-refractivity contribution is -0.384. The average molecular weight is 247 g/mol. The Labute approximate surface area is 104 Å². The number of nitro benzene ring substituents is 1. The molecule has 6 nitrogen and oxygen atoms in total. The maximum Gasteiger partial charge on any atom is 0.271 e. The SMILES string of the molecule is N#Cc1cc([N+](=O)[O-])ccc1O[C@H]1CCCNC1. The lowest BCUT2D eigenvalue weighted by Crippen LogP contribution is -2.37. The molecule has 1 aliphatic rings. The van der Waals surface area contributed by atoms with Crippen molar-refractivity contribution in [1.29, 1.82) is 5.26 Å². The first-order valence-corrected chi connectivity index (χ1v) is 5.76. The van der Waals surface area contributed by atoms with Gasteiger partial charge < -0.3 is 10.1 Å². The van der Waals surface area contributed by atoms with Crippen molar-refractivity contribution in [3.8, 4) is 11.8 Å². The third-order valence-electron chi connectivity index (χ3n) is 2.84. The Hall–Kier alpha value is -2.13. The lowest BCUT2D eigenvalue weighted by atomic mass is 10.1. The van der Waals surface area contributed by atoms with Gasteiger partial charge in [-0.05, 0) is 25.5 Å². The van der Waals surface area contributed by atoms with E-state index in [1.54, 1.807) is 0 Å². The summed E-state index contributed by atoms with van der Waals surface area (Å²) < 4.78 is 5.70. The summed E-state index contributed by atoms with van der Waals surface area (Å²) in [5.74, 6) is 0.414. The molecule has 0 aliphatic carbocycles. The van der Waals surface area contributed by atoms with E-state index in [4.69, 9.17) is 10.00 Å². The van der Waals surface area contributed by atoms with Gasteiger partial charge in [0.25, 0.3) is 5.69 Å². The number of piperidine rings is 1. The van der Waals surface area contributed by atoms with Crippen molar-refractivity contribution in [2.24, 2.45) is 0 Å². The van der Waals surface area contributed by atoms with Gasteiger partial charge >= 0.3 is 0 Å². The molecule has 1 aromatic rings. The summed E-state index contributed by atoms with van der Waals surface area (Å²) in [6.07, 6.45) is 1.97. The lowest BCUT2D eigenvalue weighted by Gasteiger charge is -2.24. The Kier molecular flexibility index (Phi) is 3.75. The van der Waals surface area contributed by atoms with E-state index in [9.17, 15) is 10.1 Å². The average Bonchev–Trinajstić information content (AvgIpc) is 2.40. The molecule has 1 saturated heterocycles. The van der Waals surface area contributed by atoms with E-state index in [-0.39, 0.29) is 17.4 Å². The molecular formula is C12H13N3O3. The fraction of sp³-hybridized carbons (Fsp3) is 0.417. The number of benzene rings is 1. The number of hydrogen-bond acceptors (Lipinski definition) is 5. The number of nitrogens with one attached hydrogen (secondary N) is 1. The van der Waals surface area contributed by atoms with E-state index in [0.29, 0.717) is 5.75 Å². The summed E-state index contributed by atoms with van der Waals surface area (Å²) in [5.41, 5.74) is 0.107. The van der Waals surface area contributed by atoms with Gasteiger partial charge in [0.1, 0.15) is 23.5 Å². The second-order valence-electron chi connectivity index (χ2n) is 4.14. The molecule has 1 atom stereocenters. The zero-order chi connectivity index (χ0) is 13.0. The number of nitriles is 1. The maximum atomic E-state index is 10.6. The van der Waals surface area contributed by atoms with E-state index < -0.39 is 4.92 Å². The first-order chi connectivity index (χ1) is 8.70. The Morgan fingerprint density at radius 1 is 1.56 bits per heavy atom. The monoisotopic (exact) mass is 247 g/mol. The summed E-state index contributed by atoms with van der Waals surface area (Å²) in [4.78, 5) is 10.1. The van der Waals surface area contributed by atoms with Gasteiger partial charge in [0.05, 0.1) is 4.92 Å². The van der Waals surface area contributed by atoms with Gasteiger partial charge in [0, 0.05) is 18.7 Å². The molecule has 2 rings (SSSR count). The van der Waals surface area contributed by atoms with E-state index in [0.717, 1.165) is 25.9 Å². The van der Waals surface area contributed by atoms with Crippen LogP contribution >= 0.6 is 0 Å². The van der Waals surface area contributed by atoms with Crippen LogP contribution in [0.5, 0.6) is 5.75 Å². The first kappa shape index (κ1) is 12.3. The van der Waals surface area contributed by atoms with Crippen molar-refractivity contribution in [2.75, 3.05) is 13.1 Å². The molecule has 0 radical (unpaired) electrons. The number of nitrogens with zero attached hydrogens (tertiary/aromatic N) is 2. The van der Waals surface area contributed by atoms with Gasteiger partial charge in [-0.15, -0.1) is 0 Å². The number of rotatable bonds is 3. The molecule has 94 valence electrons. The van der Waals surface area contributed by atoms with Crippen LogP contribution in [0.2, 0.25) is 0 Å². The van der Waals surface area contributed by atoms with Crippen LogP contribution in [0.4, 0.5) is 5.69 Å². The van der Waals surface area contributed by atoms with Gasteiger partial charge in [-0.25, -0.2) is 0 Å². The molecule has 0 unspecified atom stereocenters. The number of non-ortho nitro benzene ring substituents is 1. The van der Waals surface area contributed by atoms with Crippen molar-refractivity contribution in [3.05, 3.63) is 33.9 Å². The summed E-state index contributed by atoms with van der Waals surface area (Å²) >= 11 is 0. The van der Waals surface area contributed by atoms with E-state index in [2.05, 4.69) is 5.32 Å². The summed E-state index contributed by atoms with van der Waals surface area (Å²) in [7, 11) is 0. The van der Waals surface area contributed by atoms with Crippen LogP contribution in [0.15, 0.2) is 18.2 Å². The van der Waals surface area contributed by atoms with E-state index >= 15 is 0 Å². The first-order valence-electron chi connectivity index (χ1n) is 5.76. The van der Waals surface area contributed by atoms with Crippen LogP contribution in [0, 0.1) is 21.4 Å². The molecule has 0 bridgehead atoms. The summed E-state index contributed by atoms with van der Waals surface area (Å²) in [6, 6.07) is 6.02. The van der Waals surface area contributed by atoms with Gasteiger partial charge in [-0.1, -0.05) is 0 Å². The van der Waals surface area contributed by atoms with Crippen LogP contribution < -0.4 is 10.1 Å². The van der Waals surface area contributed by atoms with Crippen molar-refractivity contribution >= 4 is 5.69 Å². The zero-order valence-electron chi connectivity index (χ0n) is 9.76. The van der Waals surface area contributed by atoms with Crippen molar-refractivity contribution in [2.45, 2.75) is 18.9 Å². The fourth-order valence-corrected chi connectivity index (χ4v) is 1.92. The predicted octanol–water partition coefficient (Wildman–Crippen LogP) is 1.60. The summed E-state index contributed by atoms with van der Waals surface area (Å²) in [5, 5.41) is 22.8. The van der Waals surface area contributed by atoms with E-state index in [1.807, 2.05) is 6.07 Å². The molecule has 0 amide bonds. The van der Waals surface area contributed by atoms with Crippen LogP contribution in [-0.4, -0.2) is 24.1 Å². The van der Waals surface area contributed by atoms with Gasteiger partial charge in [-0.2, -0.15) is 5.26 Å². The van der Waals surface area contributed by atoms with Crippen molar-refractivity contribution in [3.63, 3.8) is 0 Å². The van der Waals surface area contributed by atoms with Crippen LogP contribution in [-0.2, 0) is 0 Å². The minimum absolute atomic E-state index is 0.0207. The van der Waals surface area contributed by atoms with Gasteiger partial charge in [0.2, 0.25) is 0 Å². The smallest absolute Gasteiger partial charge is 0.271 e. The number of hydrogen-bond donors (Lipinski definition) is 1. The third-order valence-corrected chi connectivity index (χ3v) is 2.84. The molecule has 1 aliphatic heterocycles. The number of ether oxygens (including phenoxy) is 1. The molecule has 1 heterocycles. The highest BCUT2D eigenvalue weighted by atomic mass is 16.6. The highest BCUT2D eigenvalue weighted by molar-refractivity contribution is 5.50. The molecule has 18 heavy (non-hydrogen) atoms. The molecule has 0 saturated carbocycles.